The number of aromatic hydroxyl groups is 1. The predicted molar refractivity (Wildman–Crippen MR) is 119 cm³/mol. The number of benzene rings is 1. The van der Waals surface area contributed by atoms with Crippen molar-refractivity contribution in [2.75, 3.05) is 26.2 Å². The fourth-order valence-corrected chi connectivity index (χ4v) is 5.75. The highest BCUT2D eigenvalue weighted by molar-refractivity contribution is 7.89. The van der Waals surface area contributed by atoms with Crippen LogP contribution in [0.1, 0.15) is 18.4 Å². The van der Waals surface area contributed by atoms with E-state index in [1.807, 2.05) is 27.7 Å². The molecule has 1 N–H and O–H groups in total. The molecule has 168 valence electrons. The van der Waals surface area contributed by atoms with E-state index in [1.165, 1.54) is 4.31 Å². The van der Waals surface area contributed by atoms with Crippen LogP contribution in [0, 0.1) is 5.92 Å². The minimum atomic E-state index is -3.53. The van der Waals surface area contributed by atoms with Crippen molar-refractivity contribution >= 4 is 15.7 Å². The van der Waals surface area contributed by atoms with Crippen LogP contribution >= 0.6 is 0 Å². The van der Waals surface area contributed by atoms with E-state index in [-0.39, 0.29) is 18.0 Å². The van der Waals surface area contributed by atoms with Crippen molar-refractivity contribution in [2.45, 2.75) is 30.8 Å². The minimum Gasteiger partial charge on any atom is -0.477 e. The fourth-order valence-electron chi connectivity index (χ4n) is 4.31. The molecule has 1 saturated heterocycles. The SMILES string of the molecule is O=c1c(CN2CCN(S(=O)(=O)c3ccccc3)CC2)c(O)[n+](CC2CC2)c2ccccn12. The summed E-state index contributed by atoms with van der Waals surface area (Å²) < 4.78 is 30.7. The zero-order valence-corrected chi connectivity index (χ0v) is 18.6. The third kappa shape index (κ3) is 3.92. The van der Waals surface area contributed by atoms with Gasteiger partial charge in [0.1, 0.15) is 5.56 Å². The maximum absolute atomic E-state index is 13.1. The first-order chi connectivity index (χ1) is 15.4. The first kappa shape index (κ1) is 21.1. The van der Waals surface area contributed by atoms with Crippen LogP contribution in [0.4, 0.5) is 0 Å². The quantitative estimate of drug-likeness (QED) is 0.565. The maximum atomic E-state index is 13.1. The molecule has 1 aromatic carbocycles. The smallest absolute Gasteiger partial charge is 0.350 e. The molecule has 0 atom stereocenters. The van der Waals surface area contributed by atoms with Crippen LogP contribution < -0.4 is 10.1 Å². The van der Waals surface area contributed by atoms with E-state index < -0.39 is 10.0 Å². The van der Waals surface area contributed by atoms with Gasteiger partial charge in [0.2, 0.25) is 10.0 Å². The minimum absolute atomic E-state index is 0.0208. The van der Waals surface area contributed by atoms with E-state index in [0.29, 0.717) is 54.7 Å². The Bertz CT molecular complexity index is 1290. The standard InChI is InChI=1S/C23H26N4O4S/c28-22-20(23(29)27(16-18-9-10-18)21-8-4-5-11-26(21)22)17-24-12-14-25(15-13-24)32(30,31)19-6-2-1-3-7-19/h1-8,11,18H,9-10,12-17H2/p+1. The zero-order valence-electron chi connectivity index (χ0n) is 17.8. The molecule has 9 heteroatoms. The van der Waals surface area contributed by atoms with Gasteiger partial charge in [-0.15, -0.1) is 0 Å². The molecule has 2 fully saturated rings. The van der Waals surface area contributed by atoms with Crippen molar-refractivity contribution in [1.29, 1.82) is 0 Å². The van der Waals surface area contributed by atoms with Crippen molar-refractivity contribution in [3.05, 3.63) is 70.6 Å². The predicted octanol–water partition coefficient (Wildman–Crippen LogP) is 1.21. The Morgan fingerprint density at radius 2 is 1.66 bits per heavy atom. The molecule has 0 amide bonds. The summed E-state index contributed by atoms with van der Waals surface area (Å²) in [6.07, 6.45) is 4.00. The van der Waals surface area contributed by atoms with Crippen LogP contribution in [0.5, 0.6) is 5.88 Å². The highest BCUT2D eigenvalue weighted by Crippen LogP contribution is 2.30. The summed E-state index contributed by atoms with van der Waals surface area (Å²) in [5.41, 5.74) is 0.808. The Hall–Kier alpha value is -2.75. The Balaban J connectivity index is 1.37. The van der Waals surface area contributed by atoms with Crippen molar-refractivity contribution in [1.82, 2.24) is 13.6 Å². The number of pyridine rings is 1. The molecule has 3 heterocycles. The fraction of sp³-hybridized carbons (Fsp3) is 0.391. The average Bonchev–Trinajstić information content (AvgIpc) is 3.65. The van der Waals surface area contributed by atoms with Gasteiger partial charge in [-0.1, -0.05) is 24.3 Å². The van der Waals surface area contributed by atoms with Crippen molar-refractivity contribution in [3.8, 4) is 5.88 Å². The molecule has 0 unspecified atom stereocenters. The molecule has 8 nitrogen and oxygen atoms in total. The number of nitrogens with zero attached hydrogens (tertiary/aromatic N) is 4. The Kier molecular flexibility index (Phi) is 5.48. The molecule has 2 aliphatic rings. The van der Waals surface area contributed by atoms with Gasteiger partial charge < -0.3 is 5.11 Å². The van der Waals surface area contributed by atoms with Crippen molar-refractivity contribution in [3.63, 3.8) is 0 Å². The number of rotatable bonds is 6. The van der Waals surface area contributed by atoms with Crippen LogP contribution in [0.25, 0.3) is 5.65 Å². The Morgan fingerprint density at radius 3 is 2.34 bits per heavy atom. The van der Waals surface area contributed by atoms with E-state index >= 15 is 0 Å². The van der Waals surface area contributed by atoms with Gasteiger partial charge in [0.05, 0.1) is 17.6 Å². The molecule has 3 aromatic rings. The van der Waals surface area contributed by atoms with Gasteiger partial charge in [-0.25, -0.2) is 13.2 Å². The number of hydrogen-bond acceptors (Lipinski definition) is 5. The molecular weight excluding hydrogens is 428 g/mol. The average molecular weight is 456 g/mol. The van der Waals surface area contributed by atoms with E-state index in [4.69, 9.17) is 0 Å². The monoisotopic (exact) mass is 455 g/mol. The van der Waals surface area contributed by atoms with Gasteiger partial charge in [-0.2, -0.15) is 13.3 Å². The lowest BCUT2D eigenvalue weighted by atomic mass is 10.2. The summed E-state index contributed by atoms with van der Waals surface area (Å²) in [5.74, 6) is 0.555. The van der Waals surface area contributed by atoms with Gasteiger partial charge >= 0.3 is 5.56 Å². The van der Waals surface area contributed by atoms with E-state index in [0.717, 1.165) is 12.8 Å². The van der Waals surface area contributed by atoms with E-state index in [9.17, 15) is 18.3 Å². The van der Waals surface area contributed by atoms with Crippen LogP contribution in [0.3, 0.4) is 0 Å². The van der Waals surface area contributed by atoms with Crippen molar-refractivity contribution < 1.29 is 18.1 Å². The van der Waals surface area contributed by atoms with E-state index in [2.05, 4.69) is 0 Å². The van der Waals surface area contributed by atoms with E-state index in [1.54, 1.807) is 40.9 Å². The molecule has 32 heavy (non-hydrogen) atoms. The summed E-state index contributed by atoms with van der Waals surface area (Å²) >= 11 is 0. The summed E-state index contributed by atoms with van der Waals surface area (Å²) in [6.45, 7) is 2.64. The zero-order chi connectivity index (χ0) is 22.3. The van der Waals surface area contributed by atoms with Gasteiger partial charge in [0.15, 0.2) is 0 Å². The van der Waals surface area contributed by atoms with Crippen molar-refractivity contribution in [2.24, 2.45) is 5.92 Å². The summed E-state index contributed by atoms with van der Waals surface area (Å²) in [6, 6.07) is 14.0. The number of hydrogen-bond donors (Lipinski definition) is 1. The molecule has 1 aliphatic carbocycles. The molecule has 5 rings (SSSR count). The topological polar surface area (TPSA) is 86.2 Å². The Labute approximate surface area is 187 Å². The van der Waals surface area contributed by atoms with Crippen LogP contribution in [0.2, 0.25) is 0 Å². The highest BCUT2D eigenvalue weighted by Gasteiger charge is 2.33. The molecule has 1 aliphatic heterocycles. The largest absolute Gasteiger partial charge is 0.477 e. The second kappa shape index (κ2) is 8.31. The lowest BCUT2D eigenvalue weighted by Crippen LogP contribution is -2.49. The molecule has 0 spiro atoms. The lowest BCUT2D eigenvalue weighted by molar-refractivity contribution is -0.684. The Morgan fingerprint density at radius 1 is 0.969 bits per heavy atom. The second-order valence-electron chi connectivity index (χ2n) is 8.58. The normalized spacial score (nSPS) is 18.2. The molecule has 0 bridgehead atoms. The maximum Gasteiger partial charge on any atom is 0.350 e. The molecular formula is C23H27N4O4S+. The highest BCUT2D eigenvalue weighted by atomic mass is 32.2. The molecule has 2 aromatic heterocycles. The van der Waals surface area contributed by atoms with Crippen LogP contribution in [-0.2, 0) is 23.1 Å². The number of piperazine rings is 1. The summed E-state index contributed by atoms with van der Waals surface area (Å²) in [4.78, 5) is 15.5. The molecule has 0 radical (unpaired) electrons. The van der Waals surface area contributed by atoms with Crippen LogP contribution in [0.15, 0.2) is 64.4 Å². The van der Waals surface area contributed by atoms with Gasteiger partial charge in [0, 0.05) is 38.8 Å². The second-order valence-corrected chi connectivity index (χ2v) is 10.5. The number of aromatic nitrogens is 2. The first-order valence-corrected chi connectivity index (χ1v) is 12.4. The van der Waals surface area contributed by atoms with Gasteiger partial charge in [-0.3, -0.25) is 4.90 Å². The lowest BCUT2D eigenvalue weighted by Gasteiger charge is -2.33. The number of sulfonamides is 1. The number of fused-ring (bicyclic) bond motifs is 1. The summed E-state index contributed by atoms with van der Waals surface area (Å²) in [7, 11) is -3.53. The third-order valence-electron chi connectivity index (χ3n) is 6.35. The first-order valence-electron chi connectivity index (χ1n) is 11.0. The molecule has 1 saturated carbocycles. The van der Waals surface area contributed by atoms with Gasteiger partial charge in [-0.05, 0) is 37.0 Å². The summed E-state index contributed by atoms with van der Waals surface area (Å²) in [5, 5.41) is 11.0. The van der Waals surface area contributed by atoms with Crippen LogP contribution in [-0.4, -0.2) is 53.3 Å². The third-order valence-corrected chi connectivity index (χ3v) is 8.26. The van der Waals surface area contributed by atoms with Gasteiger partial charge in [0.25, 0.3) is 11.5 Å².